The average molecular weight is 235 g/mol. The Kier molecular flexibility index (Phi) is 2.81. The van der Waals surface area contributed by atoms with Crippen LogP contribution in [0.4, 0.5) is 0 Å². The van der Waals surface area contributed by atoms with Crippen molar-refractivity contribution in [1.82, 2.24) is 0 Å². The second kappa shape index (κ2) is 4.61. The van der Waals surface area contributed by atoms with Crippen molar-refractivity contribution in [2.45, 2.75) is 0 Å². The second-order valence-electron chi connectivity index (χ2n) is 3.91. The van der Waals surface area contributed by atoms with Crippen LogP contribution < -0.4 is 0 Å². The highest BCUT2D eigenvalue weighted by atomic mass is 31.1. The van der Waals surface area contributed by atoms with Crippen molar-refractivity contribution in [3.8, 4) is 16.4 Å². The predicted octanol–water partition coefficient (Wildman–Crippen LogP) is 5.13. The summed E-state index contributed by atoms with van der Waals surface area (Å²) in [5, 5.41) is 1.37. The highest BCUT2D eigenvalue weighted by Crippen LogP contribution is 2.41. The van der Waals surface area contributed by atoms with E-state index in [1.54, 1.807) is 0 Å². The van der Waals surface area contributed by atoms with Gasteiger partial charge in [0.15, 0.2) is 0 Å². The lowest BCUT2D eigenvalue weighted by Gasteiger charge is -1.97. The fourth-order valence-corrected chi connectivity index (χ4v) is 3.50. The first-order valence-corrected chi connectivity index (χ1v) is 7.06. The molecule has 0 saturated carbocycles. The molecule has 0 fully saturated rings. The van der Waals surface area contributed by atoms with Crippen molar-refractivity contribution in [2.24, 2.45) is 0 Å². The first-order chi connectivity index (χ1) is 8.43. The number of hydrogen-bond acceptors (Lipinski definition) is 0. The molecular weight excluding hydrogens is 223 g/mol. The van der Waals surface area contributed by atoms with Gasteiger partial charge in [-0.2, -0.15) is 0 Å². The lowest BCUT2D eigenvalue weighted by atomic mass is 10.1. The highest BCUT2D eigenvalue weighted by molar-refractivity contribution is 7.55. The largest absolute Gasteiger partial charge is 0.0843 e. The molecule has 0 aliphatic rings. The summed E-state index contributed by atoms with van der Waals surface area (Å²) in [7, 11) is -0.371. The van der Waals surface area contributed by atoms with Crippen molar-refractivity contribution in [2.75, 3.05) is 0 Å². The van der Waals surface area contributed by atoms with E-state index in [9.17, 15) is 0 Å². The molecule has 0 saturated heterocycles. The van der Waals surface area contributed by atoms with Crippen LogP contribution in [-0.4, -0.2) is 0 Å². The van der Waals surface area contributed by atoms with Gasteiger partial charge >= 0.3 is 0 Å². The van der Waals surface area contributed by atoms with Crippen LogP contribution in [0.15, 0.2) is 72.5 Å². The number of rotatable bonds is 2. The maximum Gasteiger partial charge on any atom is 0.0184 e. The third-order valence-electron chi connectivity index (χ3n) is 2.75. The minimum Gasteiger partial charge on any atom is -0.0843 e. The van der Waals surface area contributed by atoms with E-state index in [2.05, 4.69) is 72.3 Å². The SMILES string of the molecule is [c]1c(-c2ccccc2)ccp1-c1ccccc1. The third-order valence-corrected chi connectivity index (χ3v) is 4.53. The van der Waals surface area contributed by atoms with E-state index >= 15 is 0 Å². The Balaban J connectivity index is 1.99. The molecule has 0 amide bonds. The van der Waals surface area contributed by atoms with Crippen LogP contribution in [0, 0.1) is 5.80 Å². The zero-order valence-corrected chi connectivity index (χ0v) is 10.3. The van der Waals surface area contributed by atoms with E-state index in [4.69, 9.17) is 0 Å². The molecule has 0 spiro atoms. The van der Waals surface area contributed by atoms with Gasteiger partial charge in [0.1, 0.15) is 0 Å². The Morgan fingerprint density at radius 3 is 2.06 bits per heavy atom. The van der Waals surface area contributed by atoms with E-state index in [1.807, 2.05) is 6.07 Å². The molecule has 1 aromatic heterocycles. The van der Waals surface area contributed by atoms with Crippen molar-refractivity contribution in [3.63, 3.8) is 0 Å². The van der Waals surface area contributed by atoms with E-state index in [0.717, 1.165) is 0 Å². The van der Waals surface area contributed by atoms with E-state index in [0.29, 0.717) is 0 Å². The minimum absolute atomic E-state index is 0.371. The molecule has 0 aliphatic carbocycles. The fourth-order valence-electron chi connectivity index (χ4n) is 1.87. The first kappa shape index (κ1) is 10.4. The molecule has 3 rings (SSSR count). The van der Waals surface area contributed by atoms with Crippen LogP contribution in [0.2, 0.25) is 0 Å². The smallest absolute Gasteiger partial charge is 0.0184 e. The summed E-state index contributed by atoms with van der Waals surface area (Å²) in [5.74, 6) is 5.86. The van der Waals surface area contributed by atoms with Gasteiger partial charge < -0.3 is 0 Å². The molecule has 0 bridgehead atoms. The monoisotopic (exact) mass is 235 g/mol. The van der Waals surface area contributed by atoms with Gasteiger partial charge in [0.2, 0.25) is 0 Å². The van der Waals surface area contributed by atoms with E-state index < -0.39 is 0 Å². The van der Waals surface area contributed by atoms with Crippen LogP contribution >= 0.6 is 7.53 Å². The Bertz CT molecular complexity index is 540. The van der Waals surface area contributed by atoms with E-state index in [1.165, 1.54) is 16.4 Å². The van der Waals surface area contributed by atoms with Crippen LogP contribution in [0.3, 0.4) is 0 Å². The molecule has 3 aromatic rings. The molecule has 0 N–H and O–H groups in total. The van der Waals surface area contributed by atoms with Crippen molar-refractivity contribution in [3.05, 3.63) is 78.3 Å². The quantitative estimate of drug-likeness (QED) is 0.577. The van der Waals surface area contributed by atoms with Gasteiger partial charge in [-0.15, -0.1) is 0 Å². The summed E-state index contributed by atoms with van der Waals surface area (Å²) in [6, 6.07) is 23.2. The molecule has 0 nitrogen and oxygen atoms in total. The normalized spacial score (nSPS) is 11.4. The van der Waals surface area contributed by atoms with Gasteiger partial charge in [-0.05, 0) is 28.3 Å². The zero-order valence-electron chi connectivity index (χ0n) is 9.38. The standard InChI is InChI=1S/C16H12P/c1-3-7-14(8-4-1)15-11-12-17(13-15)16-9-5-2-6-10-16/h1-12H. The summed E-state index contributed by atoms with van der Waals surface area (Å²) >= 11 is 0. The molecule has 0 aliphatic heterocycles. The average Bonchev–Trinajstić information content (AvgIpc) is 2.90. The molecule has 17 heavy (non-hydrogen) atoms. The second-order valence-corrected chi connectivity index (χ2v) is 5.69. The molecule has 1 radical (unpaired) electrons. The van der Waals surface area contributed by atoms with Crippen LogP contribution in [0.5, 0.6) is 0 Å². The van der Waals surface area contributed by atoms with Crippen LogP contribution in [0.25, 0.3) is 16.4 Å². The van der Waals surface area contributed by atoms with Gasteiger partial charge in [-0.1, -0.05) is 68.2 Å². The Morgan fingerprint density at radius 2 is 1.35 bits per heavy atom. The zero-order chi connectivity index (χ0) is 11.5. The molecule has 1 unspecified atom stereocenters. The molecule has 1 heterocycles. The summed E-state index contributed by atoms with van der Waals surface area (Å²) in [6.45, 7) is 0. The molecule has 81 valence electrons. The van der Waals surface area contributed by atoms with Crippen molar-refractivity contribution in [1.29, 1.82) is 0 Å². The van der Waals surface area contributed by atoms with Gasteiger partial charge in [0.25, 0.3) is 0 Å². The lowest BCUT2D eigenvalue weighted by molar-refractivity contribution is 1.67. The maximum atomic E-state index is 3.59. The van der Waals surface area contributed by atoms with Crippen LogP contribution in [-0.2, 0) is 0 Å². The molecule has 1 heteroatoms. The topological polar surface area (TPSA) is 0 Å². The van der Waals surface area contributed by atoms with Gasteiger partial charge in [0, 0.05) is 5.80 Å². The Labute approximate surface area is 103 Å². The van der Waals surface area contributed by atoms with Gasteiger partial charge in [0.05, 0.1) is 0 Å². The summed E-state index contributed by atoms with van der Waals surface area (Å²) in [4.78, 5) is 0. The number of hydrogen-bond donors (Lipinski definition) is 0. The molecule has 1 atom stereocenters. The number of benzene rings is 2. The summed E-state index contributed by atoms with van der Waals surface area (Å²) < 4.78 is 0. The highest BCUT2D eigenvalue weighted by Gasteiger charge is 2.02. The van der Waals surface area contributed by atoms with Crippen molar-refractivity contribution >= 4 is 7.53 Å². The predicted molar refractivity (Wildman–Crippen MR) is 74.8 cm³/mol. The van der Waals surface area contributed by atoms with Gasteiger partial charge in [-0.3, -0.25) is 0 Å². The summed E-state index contributed by atoms with van der Waals surface area (Å²) in [6.07, 6.45) is 0. The fraction of sp³-hybridized carbons (Fsp3) is 0. The van der Waals surface area contributed by atoms with Crippen LogP contribution in [0.1, 0.15) is 0 Å². The molecule has 2 aromatic carbocycles. The Hall–Kier alpha value is -1.78. The van der Waals surface area contributed by atoms with Crippen molar-refractivity contribution < 1.29 is 0 Å². The van der Waals surface area contributed by atoms with Gasteiger partial charge in [-0.25, -0.2) is 0 Å². The maximum absolute atomic E-state index is 3.59. The summed E-state index contributed by atoms with van der Waals surface area (Å²) in [5.41, 5.74) is 2.48. The third kappa shape index (κ3) is 2.18. The minimum atomic E-state index is -0.371. The van der Waals surface area contributed by atoms with E-state index in [-0.39, 0.29) is 7.53 Å². The first-order valence-electron chi connectivity index (χ1n) is 5.65. The molecular formula is C16H12P. The lowest BCUT2D eigenvalue weighted by Crippen LogP contribution is -1.69. The Morgan fingerprint density at radius 1 is 0.706 bits per heavy atom.